The van der Waals surface area contributed by atoms with Gasteiger partial charge in [0.25, 0.3) is 0 Å². The zero-order valence-corrected chi connectivity index (χ0v) is 9.34. The largest absolute Gasteiger partial charge is 0.370 e. The van der Waals surface area contributed by atoms with Crippen molar-refractivity contribution in [2.45, 2.75) is 6.92 Å². The fourth-order valence-corrected chi connectivity index (χ4v) is 1.60. The molecule has 82 valence electrons. The third-order valence-electron chi connectivity index (χ3n) is 2.09. The average Bonchev–Trinajstić information content (AvgIpc) is 2.18. The highest BCUT2D eigenvalue weighted by molar-refractivity contribution is 6.31. The Morgan fingerprint density at radius 3 is 2.88 bits per heavy atom. The quantitative estimate of drug-likeness (QED) is 0.520. The molecule has 0 radical (unpaired) electrons. The first-order chi connectivity index (χ1) is 7.56. The number of aromatic nitrogens is 2. The van der Waals surface area contributed by atoms with Gasteiger partial charge in [0.05, 0.1) is 11.2 Å². The standard InChI is InChI=1S/C10H10ClN5/c1-5-7-4-6(11)2-3-8(7)15-10(14-5)16-9(12)13/h2-4H,1H3,(H4,12,13,14,15,16). The minimum Gasteiger partial charge on any atom is -0.370 e. The molecule has 4 N–H and O–H groups in total. The lowest BCUT2D eigenvalue weighted by molar-refractivity contribution is 1.15. The van der Waals surface area contributed by atoms with Gasteiger partial charge in [-0.2, -0.15) is 0 Å². The van der Waals surface area contributed by atoms with Crippen molar-refractivity contribution >= 4 is 34.4 Å². The Hall–Kier alpha value is -1.88. The number of nitrogens with two attached hydrogens (primary N) is 1. The van der Waals surface area contributed by atoms with Gasteiger partial charge >= 0.3 is 0 Å². The highest BCUT2D eigenvalue weighted by Crippen LogP contribution is 2.21. The fourth-order valence-electron chi connectivity index (χ4n) is 1.43. The molecule has 0 amide bonds. The van der Waals surface area contributed by atoms with E-state index in [2.05, 4.69) is 15.3 Å². The molecule has 0 unspecified atom stereocenters. The first-order valence-corrected chi connectivity index (χ1v) is 4.99. The number of guanidine groups is 1. The third-order valence-corrected chi connectivity index (χ3v) is 2.33. The van der Waals surface area contributed by atoms with E-state index in [-0.39, 0.29) is 5.96 Å². The summed E-state index contributed by atoms with van der Waals surface area (Å²) >= 11 is 5.89. The number of benzene rings is 1. The molecule has 0 atom stereocenters. The van der Waals surface area contributed by atoms with Crippen molar-refractivity contribution in [2.24, 2.45) is 5.73 Å². The molecule has 1 aromatic heterocycles. The SMILES string of the molecule is Cc1nc(NC(=N)N)nc2ccc(Cl)cc12. The minimum absolute atomic E-state index is 0.187. The summed E-state index contributed by atoms with van der Waals surface area (Å²) in [7, 11) is 0. The number of aryl methyl sites for hydroxylation is 1. The highest BCUT2D eigenvalue weighted by Gasteiger charge is 2.05. The van der Waals surface area contributed by atoms with Crippen LogP contribution in [0.4, 0.5) is 5.95 Å². The summed E-state index contributed by atoms with van der Waals surface area (Å²) < 4.78 is 0. The monoisotopic (exact) mass is 235 g/mol. The molecule has 0 aliphatic carbocycles. The van der Waals surface area contributed by atoms with Gasteiger partial charge in [0.1, 0.15) is 0 Å². The maximum Gasteiger partial charge on any atom is 0.230 e. The van der Waals surface area contributed by atoms with E-state index in [1.165, 1.54) is 0 Å². The van der Waals surface area contributed by atoms with Gasteiger partial charge in [-0.05, 0) is 25.1 Å². The van der Waals surface area contributed by atoms with Gasteiger partial charge in [0.15, 0.2) is 5.96 Å². The molecule has 16 heavy (non-hydrogen) atoms. The maximum absolute atomic E-state index is 7.11. The summed E-state index contributed by atoms with van der Waals surface area (Å²) in [6.45, 7) is 1.85. The molecule has 0 aliphatic rings. The van der Waals surface area contributed by atoms with E-state index in [0.29, 0.717) is 11.0 Å². The van der Waals surface area contributed by atoms with Gasteiger partial charge in [-0.1, -0.05) is 11.6 Å². The number of nitrogens with one attached hydrogen (secondary N) is 2. The number of anilines is 1. The molecule has 1 aromatic carbocycles. The number of fused-ring (bicyclic) bond motifs is 1. The molecule has 0 saturated carbocycles. The van der Waals surface area contributed by atoms with Crippen LogP contribution in [0.2, 0.25) is 5.02 Å². The van der Waals surface area contributed by atoms with Gasteiger partial charge in [-0.15, -0.1) is 0 Å². The zero-order chi connectivity index (χ0) is 11.7. The topological polar surface area (TPSA) is 87.7 Å². The lowest BCUT2D eigenvalue weighted by Crippen LogP contribution is -2.22. The molecule has 0 spiro atoms. The number of rotatable bonds is 1. The van der Waals surface area contributed by atoms with Crippen LogP contribution in [-0.4, -0.2) is 15.9 Å². The Morgan fingerprint density at radius 2 is 2.19 bits per heavy atom. The van der Waals surface area contributed by atoms with E-state index in [9.17, 15) is 0 Å². The van der Waals surface area contributed by atoms with Crippen LogP contribution >= 0.6 is 11.6 Å². The second-order valence-corrected chi connectivity index (χ2v) is 3.77. The van der Waals surface area contributed by atoms with E-state index in [1.807, 2.05) is 13.0 Å². The Labute approximate surface area is 97.2 Å². The Balaban J connectivity index is 2.59. The molecule has 0 bridgehead atoms. The Morgan fingerprint density at radius 1 is 1.44 bits per heavy atom. The van der Waals surface area contributed by atoms with Crippen LogP contribution in [0.5, 0.6) is 0 Å². The minimum atomic E-state index is -0.187. The predicted octanol–water partition coefficient (Wildman–Crippen LogP) is 1.90. The fraction of sp³-hybridized carbons (Fsp3) is 0.100. The van der Waals surface area contributed by atoms with E-state index in [4.69, 9.17) is 22.7 Å². The van der Waals surface area contributed by atoms with Crippen molar-refractivity contribution < 1.29 is 0 Å². The number of hydrogen-bond acceptors (Lipinski definition) is 3. The molecule has 2 aromatic rings. The van der Waals surface area contributed by atoms with Gasteiger partial charge in [0, 0.05) is 10.4 Å². The van der Waals surface area contributed by atoms with Gasteiger partial charge < -0.3 is 5.73 Å². The van der Waals surface area contributed by atoms with Crippen LogP contribution in [0.1, 0.15) is 5.69 Å². The van der Waals surface area contributed by atoms with E-state index < -0.39 is 0 Å². The first kappa shape index (κ1) is 10.6. The molecular weight excluding hydrogens is 226 g/mol. The number of nitrogens with zero attached hydrogens (tertiary/aromatic N) is 2. The Bertz CT molecular complexity index is 566. The van der Waals surface area contributed by atoms with Crippen molar-refractivity contribution in [1.82, 2.24) is 9.97 Å². The molecule has 5 nitrogen and oxygen atoms in total. The maximum atomic E-state index is 7.11. The van der Waals surface area contributed by atoms with Crippen LogP contribution in [-0.2, 0) is 0 Å². The van der Waals surface area contributed by atoms with E-state index in [1.54, 1.807) is 12.1 Å². The van der Waals surface area contributed by atoms with Crippen LogP contribution in [0.15, 0.2) is 18.2 Å². The summed E-state index contributed by atoms with van der Waals surface area (Å²) in [5.41, 5.74) is 6.77. The molecule has 2 rings (SSSR count). The van der Waals surface area contributed by atoms with E-state index in [0.717, 1.165) is 16.6 Å². The van der Waals surface area contributed by atoms with Crippen molar-refractivity contribution in [3.05, 3.63) is 28.9 Å². The molecular formula is C10H10ClN5. The summed E-state index contributed by atoms with van der Waals surface area (Å²) in [5, 5.41) is 11.2. The van der Waals surface area contributed by atoms with Crippen molar-refractivity contribution in [2.75, 3.05) is 5.32 Å². The second kappa shape index (κ2) is 3.94. The summed E-state index contributed by atoms with van der Waals surface area (Å²) in [5.74, 6) is 0.132. The number of halogens is 1. The third kappa shape index (κ3) is 2.04. The Kier molecular flexibility index (Phi) is 2.62. The normalized spacial score (nSPS) is 10.4. The van der Waals surface area contributed by atoms with Gasteiger partial charge in [0.2, 0.25) is 5.95 Å². The highest BCUT2D eigenvalue weighted by atomic mass is 35.5. The molecule has 6 heteroatoms. The first-order valence-electron chi connectivity index (χ1n) is 4.61. The van der Waals surface area contributed by atoms with Crippen molar-refractivity contribution in [3.63, 3.8) is 0 Å². The van der Waals surface area contributed by atoms with E-state index >= 15 is 0 Å². The van der Waals surface area contributed by atoms with Crippen LogP contribution < -0.4 is 11.1 Å². The summed E-state index contributed by atoms with van der Waals surface area (Å²) in [6, 6.07) is 5.37. The second-order valence-electron chi connectivity index (χ2n) is 3.33. The van der Waals surface area contributed by atoms with Crippen molar-refractivity contribution in [3.8, 4) is 0 Å². The molecule has 1 heterocycles. The summed E-state index contributed by atoms with van der Waals surface area (Å²) in [6.07, 6.45) is 0. The molecule has 0 saturated heterocycles. The lowest BCUT2D eigenvalue weighted by atomic mass is 10.2. The number of hydrogen-bond donors (Lipinski definition) is 3. The van der Waals surface area contributed by atoms with Crippen molar-refractivity contribution in [1.29, 1.82) is 5.41 Å². The smallest absolute Gasteiger partial charge is 0.230 e. The zero-order valence-electron chi connectivity index (χ0n) is 8.58. The molecule has 0 aliphatic heterocycles. The van der Waals surface area contributed by atoms with Crippen LogP contribution in [0.25, 0.3) is 10.9 Å². The predicted molar refractivity (Wildman–Crippen MR) is 64.8 cm³/mol. The van der Waals surface area contributed by atoms with Crippen LogP contribution in [0, 0.1) is 12.3 Å². The summed E-state index contributed by atoms with van der Waals surface area (Å²) in [4.78, 5) is 8.40. The lowest BCUT2D eigenvalue weighted by Gasteiger charge is -2.06. The van der Waals surface area contributed by atoms with Crippen LogP contribution in [0.3, 0.4) is 0 Å². The van der Waals surface area contributed by atoms with Gasteiger partial charge in [-0.25, -0.2) is 9.97 Å². The average molecular weight is 236 g/mol. The van der Waals surface area contributed by atoms with Gasteiger partial charge in [-0.3, -0.25) is 10.7 Å². The molecule has 0 fully saturated rings.